The van der Waals surface area contributed by atoms with Gasteiger partial charge in [0.05, 0.1) is 12.0 Å². The Morgan fingerprint density at radius 3 is 2.71 bits per heavy atom. The number of imidazole rings is 1. The topological polar surface area (TPSA) is 70.6 Å². The largest absolute Gasteiger partial charge is 0.354 e. The minimum Gasteiger partial charge on any atom is -0.354 e. The van der Waals surface area contributed by atoms with E-state index in [1.165, 1.54) is 12.8 Å². The number of nitriles is 1. The molecule has 6 nitrogen and oxygen atoms in total. The normalized spacial score (nSPS) is 15.5. The van der Waals surface area contributed by atoms with Crippen LogP contribution in [0.2, 0.25) is 0 Å². The molecule has 0 unspecified atom stereocenters. The van der Waals surface area contributed by atoms with Gasteiger partial charge in [0.2, 0.25) is 0 Å². The van der Waals surface area contributed by atoms with Gasteiger partial charge in [-0.2, -0.15) is 10.4 Å². The quantitative estimate of drug-likeness (QED) is 0.846. The number of nitrogens with zero attached hydrogens (tertiary/aromatic N) is 6. The molecule has 2 aromatic rings. The zero-order valence-corrected chi connectivity index (χ0v) is 14.4. The van der Waals surface area contributed by atoms with Crippen molar-refractivity contribution in [3.8, 4) is 6.07 Å². The van der Waals surface area contributed by atoms with E-state index in [1.807, 2.05) is 32.6 Å². The fourth-order valence-corrected chi connectivity index (χ4v) is 3.37. The van der Waals surface area contributed by atoms with Crippen LogP contribution in [-0.2, 0) is 6.54 Å². The van der Waals surface area contributed by atoms with E-state index in [9.17, 15) is 5.26 Å². The van der Waals surface area contributed by atoms with Crippen LogP contribution >= 0.6 is 0 Å². The number of aryl methyl sites for hydroxylation is 2. The molecule has 0 saturated carbocycles. The molecule has 24 heavy (non-hydrogen) atoms. The maximum Gasteiger partial charge on any atom is 0.169 e. The average Bonchev–Trinajstić information content (AvgIpc) is 3.11. The van der Waals surface area contributed by atoms with E-state index in [0.717, 1.165) is 55.5 Å². The van der Waals surface area contributed by atoms with Crippen molar-refractivity contribution in [2.24, 2.45) is 5.92 Å². The van der Waals surface area contributed by atoms with Gasteiger partial charge in [0.25, 0.3) is 0 Å². The third-order valence-electron chi connectivity index (χ3n) is 5.05. The molecule has 1 aliphatic heterocycles. The second-order valence-electron chi connectivity index (χ2n) is 6.59. The lowest BCUT2D eigenvalue weighted by atomic mass is 9.92. The summed E-state index contributed by atoms with van der Waals surface area (Å²) in [7, 11) is 0. The zero-order valence-electron chi connectivity index (χ0n) is 14.4. The van der Waals surface area contributed by atoms with Crippen LogP contribution in [-0.4, -0.2) is 32.8 Å². The van der Waals surface area contributed by atoms with Crippen molar-refractivity contribution in [2.45, 2.75) is 46.1 Å². The first-order valence-corrected chi connectivity index (χ1v) is 8.63. The number of piperidine rings is 1. The second-order valence-corrected chi connectivity index (χ2v) is 6.59. The van der Waals surface area contributed by atoms with Crippen LogP contribution in [0.4, 0.5) is 5.82 Å². The highest BCUT2D eigenvalue weighted by Gasteiger charge is 2.23. The molecule has 0 amide bonds. The first-order valence-electron chi connectivity index (χ1n) is 8.63. The molecule has 0 bridgehead atoms. The average molecular weight is 324 g/mol. The Bertz CT molecular complexity index is 708. The van der Waals surface area contributed by atoms with Crippen LogP contribution in [0.25, 0.3) is 0 Å². The number of aromatic nitrogens is 4. The van der Waals surface area contributed by atoms with Gasteiger partial charge in [0.15, 0.2) is 5.82 Å². The molecule has 0 N–H and O–H groups in total. The van der Waals surface area contributed by atoms with Gasteiger partial charge in [-0.1, -0.05) is 0 Å². The van der Waals surface area contributed by atoms with Gasteiger partial charge in [0.1, 0.15) is 11.6 Å². The summed E-state index contributed by atoms with van der Waals surface area (Å²) >= 11 is 0. The lowest BCUT2D eigenvalue weighted by Crippen LogP contribution is -2.35. The molecule has 126 valence electrons. The van der Waals surface area contributed by atoms with Gasteiger partial charge >= 0.3 is 0 Å². The van der Waals surface area contributed by atoms with Crippen LogP contribution in [0.15, 0.2) is 18.7 Å². The Balaban J connectivity index is 1.54. The molecule has 1 fully saturated rings. The summed E-state index contributed by atoms with van der Waals surface area (Å²) in [6.07, 6.45) is 10.5. The summed E-state index contributed by atoms with van der Waals surface area (Å²) < 4.78 is 2.14. The Hall–Kier alpha value is -2.42. The summed E-state index contributed by atoms with van der Waals surface area (Å²) in [5, 5.41) is 18.0. The molecular weight excluding hydrogens is 300 g/mol. The van der Waals surface area contributed by atoms with Crippen molar-refractivity contribution in [3.05, 3.63) is 35.5 Å². The van der Waals surface area contributed by atoms with Crippen LogP contribution in [0, 0.1) is 31.1 Å². The van der Waals surface area contributed by atoms with E-state index in [4.69, 9.17) is 0 Å². The molecule has 0 atom stereocenters. The lowest BCUT2D eigenvalue weighted by Gasteiger charge is -2.33. The second kappa shape index (κ2) is 7.43. The third kappa shape index (κ3) is 3.56. The van der Waals surface area contributed by atoms with Crippen molar-refractivity contribution in [3.63, 3.8) is 0 Å². The smallest absolute Gasteiger partial charge is 0.169 e. The summed E-state index contributed by atoms with van der Waals surface area (Å²) in [6.45, 7) is 6.82. The lowest BCUT2D eigenvalue weighted by molar-refractivity contribution is 0.362. The molecule has 2 aromatic heterocycles. The third-order valence-corrected chi connectivity index (χ3v) is 5.05. The minimum absolute atomic E-state index is 0.682. The first-order chi connectivity index (χ1) is 11.7. The van der Waals surface area contributed by atoms with Crippen molar-refractivity contribution in [2.75, 3.05) is 18.0 Å². The molecule has 6 heteroatoms. The summed E-state index contributed by atoms with van der Waals surface area (Å²) in [5.41, 5.74) is 2.47. The molecule has 3 rings (SSSR count). The fraction of sp³-hybridized carbons (Fsp3) is 0.556. The van der Waals surface area contributed by atoms with E-state index in [-0.39, 0.29) is 0 Å². The van der Waals surface area contributed by atoms with E-state index in [2.05, 4.69) is 30.7 Å². The van der Waals surface area contributed by atoms with E-state index < -0.39 is 0 Å². The van der Waals surface area contributed by atoms with E-state index >= 15 is 0 Å². The maximum absolute atomic E-state index is 9.46. The standard InChI is InChI=1S/C18H24N6/c1-14-15(2)21-22-18(17(14)12-19)24-9-5-16(6-10-24)4-3-8-23-11-7-20-13-23/h7,11,13,16H,3-6,8-10H2,1-2H3. The molecule has 0 spiro atoms. The fourth-order valence-electron chi connectivity index (χ4n) is 3.37. The monoisotopic (exact) mass is 324 g/mol. The minimum atomic E-state index is 0.682. The van der Waals surface area contributed by atoms with Crippen LogP contribution < -0.4 is 4.90 Å². The highest BCUT2D eigenvalue weighted by atomic mass is 15.3. The highest BCUT2D eigenvalue weighted by Crippen LogP contribution is 2.28. The van der Waals surface area contributed by atoms with Gasteiger partial charge in [-0.05, 0) is 51.0 Å². The first kappa shape index (κ1) is 16.4. The number of anilines is 1. The van der Waals surface area contributed by atoms with Crippen molar-refractivity contribution in [1.29, 1.82) is 5.26 Å². The summed E-state index contributed by atoms with van der Waals surface area (Å²) in [6, 6.07) is 2.31. The Labute approximate surface area is 143 Å². The van der Waals surface area contributed by atoms with Gasteiger partial charge in [-0.15, -0.1) is 5.10 Å². The summed E-state index contributed by atoms with van der Waals surface area (Å²) in [5.74, 6) is 1.52. The van der Waals surface area contributed by atoms with Crippen molar-refractivity contribution in [1.82, 2.24) is 19.7 Å². The zero-order chi connectivity index (χ0) is 16.9. The van der Waals surface area contributed by atoms with Crippen LogP contribution in [0.1, 0.15) is 42.5 Å². The molecule has 0 aromatic carbocycles. The predicted octanol–water partition coefficient (Wildman–Crippen LogP) is 2.86. The molecule has 0 radical (unpaired) electrons. The maximum atomic E-state index is 9.46. The van der Waals surface area contributed by atoms with Crippen molar-refractivity contribution < 1.29 is 0 Å². The predicted molar refractivity (Wildman–Crippen MR) is 92.6 cm³/mol. The van der Waals surface area contributed by atoms with Crippen LogP contribution in [0.5, 0.6) is 0 Å². The molecule has 0 aliphatic carbocycles. The number of hydrogen-bond donors (Lipinski definition) is 0. The van der Waals surface area contributed by atoms with Gasteiger partial charge in [0, 0.05) is 32.0 Å². The number of rotatable bonds is 5. The van der Waals surface area contributed by atoms with E-state index in [0.29, 0.717) is 5.56 Å². The Morgan fingerprint density at radius 2 is 2.04 bits per heavy atom. The SMILES string of the molecule is Cc1nnc(N2CCC(CCCn3ccnc3)CC2)c(C#N)c1C. The van der Waals surface area contributed by atoms with Gasteiger partial charge in [-0.25, -0.2) is 4.98 Å². The number of hydrogen-bond acceptors (Lipinski definition) is 5. The molecule has 3 heterocycles. The summed E-state index contributed by atoms with van der Waals surface area (Å²) in [4.78, 5) is 6.30. The van der Waals surface area contributed by atoms with E-state index in [1.54, 1.807) is 0 Å². The molecule has 1 aliphatic rings. The molecule has 1 saturated heterocycles. The molecular formula is C18H24N6. The van der Waals surface area contributed by atoms with Gasteiger partial charge in [-0.3, -0.25) is 0 Å². The Morgan fingerprint density at radius 1 is 1.25 bits per heavy atom. The van der Waals surface area contributed by atoms with Crippen molar-refractivity contribution >= 4 is 5.82 Å². The van der Waals surface area contributed by atoms with Gasteiger partial charge < -0.3 is 9.47 Å². The Kier molecular flexibility index (Phi) is 5.09. The highest BCUT2D eigenvalue weighted by molar-refractivity contribution is 5.57. The van der Waals surface area contributed by atoms with Crippen LogP contribution in [0.3, 0.4) is 0 Å².